The summed E-state index contributed by atoms with van der Waals surface area (Å²) < 4.78 is 109. The molecule has 2 aliphatic heterocycles. The molecule has 0 bridgehead atoms. The van der Waals surface area contributed by atoms with Gasteiger partial charge in [0.2, 0.25) is 20.0 Å². The maximum atomic E-state index is 14.0. The first-order valence-electron chi connectivity index (χ1n) is 16.9. The highest BCUT2D eigenvalue weighted by molar-refractivity contribution is 14.1. The van der Waals surface area contributed by atoms with E-state index in [1.165, 1.54) is 9.13 Å². The molecule has 308 valence electrons. The van der Waals surface area contributed by atoms with Crippen LogP contribution in [0.2, 0.25) is 0 Å². The minimum atomic E-state index is -4.14. The van der Waals surface area contributed by atoms with Crippen LogP contribution < -0.4 is 5.73 Å². The highest BCUT2D eigenvalue weighted by Gasteiger charge is 2.45. The Morgan fingerprint density at radius 1 is 0.702 bits per heavy atom. The van der Waals surface area contributed by atoms with Crippen LogP contribution in [0.4, 0.5) is 17.6 Å². The fourth-order valence-electron chi connectivity index (χ4n) is 5.96. The van der Waals surface area contributed by atoms with Gasteiger partial charge in [-0.3, -0.25) is 9.59 Å². The van der Waals surface area contributed by atoms with E-state index in [4.69, 9.17) is 10.8 Å². The largest absolute Gasteiger partial charge is 0.480 e. The number of hydrogen-bond acceptors (Lipinski definition) is 7. The number of halogens is 8. The maximum absolute atomic E-state index is 14.0. The van der Waals surface area contributed by atoms with Crippen molar-refractivity contribution in [2.45, 2.75) is 66.4 Å². The van der Waals surface area contributed by atoms with E-state index in [9.17, 15) is 44.0 Å². The number of carboxylic acids is 1. The van der Waals surface area contributed by atoms with E-state index in [-0.39, 0.29) is 41.4 Å². The zero-order valence-electron chi connectivity index (χ0n) is 29.6. The molecule has 0 amide bonds. The first kappa shape index (κ1) is 47.6. The molecule has 2 heterocycles. The smallest absolute Gasteiger partial charge is 0.322 e. The second-order valence-corrected chi connectivity index (χ2v) is 20.9. The average molecular weight is 1190 g/mol. The van der Waals surface area contributed by atoms with Crippen molar-refractivity contribution in [1.29, 1.82) is 0 Å². The lowest BCUT2D eigenvalue weighted by Crippen LogP contribution is -2.40. The standard InChI is InChI=1S/C19H17BrF2INO3S.C11H11F2NO4S.C7H7BrIN/c20-13-7-12(8-16(23)9-13)1-6-19(25)18-10-15(22)11-24(18)28(26,27)17-4-2-14(21)3-5-17;12-7-1-3-9(4-2-7)19(17,18)14-6-8(13)5-10(14)11(15)16;8-6-1-5(4-10)2-7(9)3-6/h2-5,7-9,15,18H,1,6,10-11H2;1-4,8,10H,5-6H2,(H,15,16);1-3H,4,10H2/t15-,18+;8-,10+;/m11./s1. The van der Waals surface area contributed by atoms with E-state index < -0.39 is 68.6 Å². The Hall–Kier alpha value is -2.06. The van der Waals surface area contributed by atoms with Crippen molar-refractivity contribution in [1.82, 2.24) is 8.61 Å². The number of benzene rings is 4. The SMILES string of the molecule is NCc1cc(Br)cc(I)c1.O=C(CCc1cc(Br)cc(I)c1)[C@@H]1C[C@@H](F)CN1S(=O)(=O)c1ccc(F)cc1.O=C(O)[C@@H]1C[C@@H](F)CN1S(=O)(=O)c1ccc(F)cc1. The fourth-order valence-corrected chi connectivity index (χ4v) is 12.6. The minimum Gasteiger partial charge on any atom is -0.480 e. The summed E-state index contributed by atoms with van der Waals surface area (Å²) >= 11 is 11.2. The highest BCUT2D eigenvalue weighted by Crippen LogP contribution is 2.31. The normalized spacial score (nSPS) is 19.9. The van der Waals surface area contributed by atoms with Gasteiger partial charge in [0.25, 0.3) is 0 Å². The number of carbonyl (C=O) groups is 2. The van der Waals surface area contributed by atoms with Crippen LogP contribution >= 0.6 is 77.0 Å². The number of hydrogen-bond donors (Lipinski definition) is 2. The molecule has 4 aromatic rings. The Kier molecular flexibility index (Phi) is 17.5. The van der Waals surface area contributed by atoms with E-state index in [0.29, 0.717) is 17.3 Å². The summed E-state index contributed by atoms with van der Waals surface area (Å²) in [6.45, 7) is -0.267. The molecule has 0 saturated carbocycles. The summed E-state index contributed by atoms with van der Waals surface area (Å²) in [7, 11) is -8.22. The molecule has 57 heavy (non-hydrogen) atoms. The Labute approximate surface area is 372 Å². The molecule has 4 atom stereocenters. The van der Waals surface area contributed by atoms with Crippen molar-refractivity contribution in [2.75, 3.05) is 13.1 Å². The maximum Gasteiger partial charge on any atom is 0.322 e. The summed E-state index contributed by atoms with van der Waals surface area (Å²) in [5, 5.41) is 8.92. The number of aliphatic carboxylic acids is 1. The van der Waals surface area contributed by atoms with E-state index in [1.807, 2.05) is 24.3 Å². The van der Waals surface area contributed by atoms with Gasteiger partial charge in [0.15, 0.2) is 5.78 Å². The molecule has 0 aliphatic carbocycles. The van der Waals surface area contributed by atoms with Gasteiger partial charge in [0, 0.05) is 55.0 Å². The average Bonchev–Trinajstić information content (AvgIpc) is 3.74. The third-order valence-corrected chi connectivity index (χ3v) is 14.6. The quantitative estimate of drug-likeness (QED) is 0.120. The van der Waals surface area contributed by atoms with E-state index in [1.54, 1.807) is 0 Å². The van der Waals surface area contributed by atoms with Crippen LogP contribution in [0.3, 0.4) is 0 Å². The van der Waals surface area contributed by atoms with Gasteiger partial charge in [-0.1, -0.05) is 31.9 Å². The van der Waals surface area contributed by atoms with E-state index in [2.05, 4.69) is 89.2 Å². The Morgan fingerprint density at radius 3 is 1.53 bits per heavy atom. The number of ketones is 1. The van der Waals surface area contributed by atoms with Gasteiger partial charge in [-0.25, -0.2) is 34.4 Å². The van der Waals surface area contributed by atoms with Crippen LogP contribution in [0.25, 0.3) is 0 Å². The predicted molar refractivity (Wildman–Crippen MR) is 230 cm³/mol. The zero-order valence-corrected chi connectivity index (χ0v) is 38.7. The van der Waals surface area contributed by atoms with Crippen molar-refractivity contribution < 1.29 is 49.1 Å². The number of Topliss-reactive ketones (excluding diaryl/α,β-unsaturated/α-hetero) is 1. The molecule has 0 spiro atoms. The number of carboxylic acid groups (broad SMARTS) is 1. The second-order valence-electron chi connectivity index (χ2n) is 12.8. The number of rotatable bonds is 10. The molecular weight excluding hydrogens is 1150 g/mol. The molecule has 0 aromatic heterocycles. The first-order valence-corrected chi connectivity index (χ1v) is 23.5. The lowest BCUT2D eigenvalue weighted by Gasteiger charge is -2.22. The molecule has 10 nitrogen and oxygen atoms in total. The molecule has 0 unspecified atom stereocenters. The number of nitrogens with zero attached hydrogens (tertiary/aromatic N) is 2. The Morgan fingerprint density at radius 2 is 1.11 bits per heavy atom. The van der Waals surface area contributed by atoms with Crippen molar-refractivity contribution in [3.63, 3.8) is 0 Å². The molecular formula is C37H35Br2F4I2N3O7S2. The van der Waals surface area contributed by atoms with Gasteiger partial charge in [-0.2, -0.15) is 8.61 Å². The number of aryl methyl sites for hydroxylation is 1. The predicted octanol–water partition coefficient (Wildman–Crippen LogP) is 8.02. The molecule has 6 rings (SSSR count). The van der Waals surface area contributed by atoms with Crippen LogP contribution in [0.5, 0.6) is 0 Å². The van der Waals surface area contributed by atoms with Crippen LogP contribution in [0, 0.1) is 18.8 Å². The highest BCUT2D eigenvalue weighted by atomic mass is 127. The third-order valence-electron chi connectivity index (χ3n) is 8.65. The zero-order chi connectivity index (χ0) is 42.2. The van der Waals surface area contributed by atoms with Crippen molar-refractivity contribution in [3.8, 4) is 0 Å². The van der Waals surface area contributed by atoms with Crippen LogP contribution in [-0.2, 0) is 42.6 Å². The second kappa shape index (κ2) is 21.0. The molecule has 3 N–H and O–H groups in total. The Balaban J connectivity index is 0.000000213. The molecule has 20 heteroatoms. The van der Waals surface area contributed by atoms with Crippen LogP contribution in [0.15, 0.2) is 104 Å². The number of carbonyl (C=O) groups excluding carboxylic acids is 1. The summed E-state index contributed by atoms with van der Waals surface area (Å²) in [4.78, 5) is 23.3. The van der Waals surface area contributed by atoms with Crippen molar-refractivity contribution >= 4 is 109 Å². The molecule has 2 fully saturated rings. The topological polar surface area (TPSA) is 155 Å². The van der Waals surface area contributed by atoms with Gasteiger partial charge >= 0.3 is 5.97 Å². The summed E-state index contributed by atoms with van der Waals surface area (Å²) in [6.07, 6.45) is -2.91. The van der Waals surface area contributed by atoms with Crippen molar-refractivity contribution in [2.24, 2.45) is 5.73 Å². The van der Waals surface area contributed by atoms with Gasteiger partial charge in [0.05, 0.1) is 15.8 Å². The monoisotopic (exact) mass is 1180 g/mol. The van der Waals surface area contributed by atoms with Crippen molar-refractivity contribution in [3.05, 3.63) is 124 Å². The fraction of sp³-hybridized carbons (Fsp3) is 0.297. The van der Waals surface area contributed by atoms with E-state index >= 15 is 0 Å². The number of nitrogens with two attached hydrogens (primary N) is 1. The third kappa shape index (κ3) is 13.2. The number of sulfonamides is 2. The minimum absolute atomic E-state index is 0.110. The summed E-state index contributed by atoms with van der Waals surface area (Å²) in [5.74, 6) is -2.90. The van der Waals surface area contributed by atoms with E-state index in [0.717, 1.165) is 70.9 Å². The summed E-state index contributed by atoms with van der Waals surface area (Å²) in [5.41, 5.74) is 7.57. The molecule has 0 radical (unpaired) electrons. The lowest BCUT2D eigenvalue weighted by atomic mass is 10.0. The Bertz CT molecular complexity index is 2240. The number of alkyl halides is 2. The van der Waals surface area contributed by atoms with Gasteiger partial charge in [0.1, 0.15) is 30.0 Å². The summed E-state index contributed by atoms with van der Waals surface area (Å²) in [6, 6.07) is 17.7. The van der Waals surface area contributed by atoms with Gasteiger partial charge < -0.3 is 10.8 Å². The molecule has 2 aliphatic rings. The van der Waals surface area contributed by atoms with Crippen LogP contribution in [-0.4, -0.2) is 79.8 Å². The molecule has 4 aromatic carbocycles. The molecule has 2 saturated heterocycles. The first-order chi connectivity index (χ1) is 26.7. The van der Waals surface area contributed by atoms with Gasteiger partial charge in [-0.15, -0.1) is 0 Å². The van der Waals surface area contributed by atoms with Gasteiger partial charge in [-0.05, 0) is 148 Å². The van der Waals surface area contributed by atoms with Crippen LogP contribution in [0.1, 0.15) is 30.4 Å². The lowest BCUT2D eigenvalue weighted by molar-refractivity contribution is -0.140.